The number of benzene rings is 2. The lowest BCUT2D eigenvalue weighted by Crippen LogP contribution is -2.22. The van der Waals surface area contributed by atoms with Gasteiger partial charge in [0.15, 0.2) is 5.43 Å². The Labute approximate surface area is 156 Å². The van der Waals surface area contributed by atoms with Gasteiger partial charge in [-0.05, 0) is 48.7 Å². The maximum atomic E-state index is 13.2. The molecular formula is C22H19NO4. The van der Waals surface area contributed by atoms with Crippen LogP contribution in [-0.2, 0) is 0 Å². The molecule has 1 aromatic heterocycles. The predicted molar refractivity (Wildman–Crippen MR) is 103 cm³/mol. The maximum absolute atomic E-state index is 13.2. The number of rotatable bonds is 4. The standard InChI is InChI=1S/C22H19NO4/c1-4-8-26-15-7-5-6-14(11-15)19-18-20(24)17-13(3)9-12(2)10-16(17)27-21(18)22(25)23-19/h4-7,9-11,19H,1,8H2,2-3H3,(H,23,25). The molecule has 27 heavy (non-hydrogen) atoms. The number of amides is 1. The first kappa shape index (κ1) is 17.1. The lowest BCUT2D eigenvalue weighted by atomic mass is 9.97. The van der Waals surface area contributed by atoms with Crippen LogP contribution in [0.5, 0.6) is 5.75 Å². The second-order valence-electron chi connectivity index (χ2n) is 6.71. The number of ether oxygens (including phenoxy) is 1. The van der Waals surface area contributed by atoms with E-state index in [0.717, 1.165) is 16.7 Å². The lowest BCUT2D eigenvalue weighted by Gasteiger charge is -2.13. The van der Waals surface area contributed by atoms with Gasteiger partial charge >= 0.3 is 0 Å². The van der Waals surface area contributed by atoms with E-state index in [0.29, 0.717) is 28.9 Å². The third kappa shape index (κ3) is 2.81. The smallest absolute Gasteiger partial charge is 0.288 e. The summed E-state index contributed by atoms with van der Waals surface area (Å²) in [6.45, 7) is 7.82. The SMILES string of the molecule is C=CCOc1cccc(C2NC(=O)c3oc4cc(C)cc(C)c4c(=O)c32)c1. The van der Waals surface area contributed by atoms with Gasteiger partial charge in [-0.3, -0.25) is 9.59 Å². The number of carbonyl (C=O) groups excluding carboxylic acids is 1. The van der Waals surface area contributed by atoms with Gasteiger partial charge in [0, 0.05) is 0 Å². The number of nitrogens with one attached hydrogen (secondary N) is 1. The molecule has 0 saturated carbocycles. The molecule has 1 unspecified atom stereocenters. The van der Waals surface area contributed by atoms with Crippen molar-refractivity contribution >= 4 is 16.9 Å². The first-order chi connectivity index (χ1) is 13.0. The molecule has 0 aliphatic carbocycles. The normalized spacial score (nSPS) is 15.5. The number of hydrogen-bond acceptors (Lipinski definition) is 4. The van der Waals surface area contributed by atoms with Gasteiger partial charge in [-0.2, -0.15) is 0 Å². The van der Waals surface area contributed by atoms with Gasteiger partial charge in [-0.25, -0.2) is 0 Å². The van der Waals surface area contributed by atoms with Crippen molar-refractivity contribution in [3.63, 3.8) is 0 Å². The molecule has 3 aromatic rings. The molecule has 136 valence electrons. The Kier molecular flexibility index (Phi) is 4.07. The van der Waals surface area contributed by atoms with E-state index in [1.165, 1.54) is 0 Å². The molecular weight excluding hydrogens is 342 g/mol. The molecule has 0 saturated heterocycles. The van der Waals surface area contributed by atoms with E-state index < -0.39 is 6.04 Å². The molecule has 0 radical (unpaired) electrons. The third-order valence-electron chi connectivity index (χ3n) is 4.70. The van der Waals surface area contributed by atoms with Crippen LogP contribution < -0.4 is 15.5 Å². The molecule has 1 N–H and O–H groups in total. The van der Waals surface area contributed by atoms with Crippen LogP contribution in [0.3, 0.4) is 0 Å². The summed E-state index contributed by atoms with van der Waals surface area (Å²) in [7, 11) is 0. The van der Waals surface area contributed by atoms with Crippen molar-refractivity contribution in [3.8, 4) is 5.75 Å². The van der Waals surface area contributed by atoms with E-state index in [4.69, 9.17) is 9.15 Å². The van der Waals surface area contributed by atoms with E-state index in [2.05, 4.69) is 11.9 Å². The fraction of sp³-hybridized carbons (Fsp3) is 0.182. The second-order valence-corrected chi connectivity index (χ2v) is 6.71. The van der Waals surface area contributed by atoms with Crippen molar-refractivity contribution < 1.29 is 13.9 Å². The topological polar surface area (TPSA) is 68.5 Å². The van der Waals surface area contributed by atoms with Gasteiger partial charge in [0.1, 0.15) is 17.9 Å². The zero-order valence-electron chi connectivity index (χ0n) is 15.2. The van der Waals surface area contributed by atoms with Gasteiger partial charge in [0.2, 0.25) is 5.76 Å². The van der Waals surface area contributed by atoms with Gasteiger partial charge in [0.05, 0.1) is 17.0 Å². The Balaban J connectivity index is 1.90. The van der Waals surface area contributed by atoms with Crippen LogP contribution in [0.2, 0.25) is 0 Å². The van der Waals surface area contributed by atoms with Gasteiger partial charge in [-0.1, -0.05) is 30.9 Å². The highest BCUT2D eigenvalue weighted by Gasteiger charge is 2.36. The molecule has 1 aliphatic heterocycles. The van der Waals surface area contributed by atoms with Crippen molar-refractivity contribution in [1.82, 2.24) is 5.32 Å². The van der Waals surface area contributed by atoms with Crippen molar-refractivity contribution in [1.29, 1.82) is 0 Å². The first-order valence-electron chi connectivity index (χ1n) is 8.72. The monoisotopic (exact) mass is 361 g/mol. The molecule has 0 spiro atoms. The van der Waals surface area contributed by atoms with Crippen LogP contribution in [0, 0.1) is 13.8 Å². The summed E-state index contributed by atoms with van der Waals surface area (Å²) in [6.07, 6.45) is 1.66. The van der Waals surface area contributed by atoms with E-state index in [9.17, 15) is 9.59 Å². The fourth-order valence-electron chi connectivity index (χ4n) is 3.59. The second kappa shape index (κ2) is 6.43. The molecule has 1 atom stereocenters. The average Bonchev–Trinajstić information content (AvgIpc) is 2.97. The van der Waals surface area contributed by atoms with Crippen LogP contribution in [0.15, 0.2) is 58.3 Å². The molecule has 4 rings (SSSR count). The predicted octanol–water partition coefficient (Wildman–Crippen LogP) is 3.81. The molecule has 5 heteroatoms. The number of carbonyl (C=O) groups is 1. The Morgan fingerprint density at radius 2 is 2.04 bits per heavy atom. The fourth-order valence-corrected chi connectivity index (χ4v) is 3.59. The Morgan fingerprint density at radius 3 is 2.81 bits per heavy atom. The summed E-state index contributed by atoms with van der Waals surface area (Å²) in [4.78, 5) is 25.7. The van der Waals surface area contributed by atoms with E-state index >= 15 is 0 Å². The summed E-state index contributed by atoms with van der Waals surface area (Å²) in [6, 6.07) is 10.5. The van der Waals surface area contributed by atoms with E-state index in [1.807, 2.05) is 44.2 Å². The largest absolute Gasteiger partial charge is 0.490 e. The molecule has 1 aliphatic rings. The summed E-state index contributed by atoms with van der Waals surface area (Å²) in [5.74, 6) is 0.345. The van der Waals surface area contributed by atoms with Crippen molar-refractivity contribution in [3.05, 3.63) is 87.3 Å². The van der Waals surface area contributed by atoms with E-state index in [1.54, 1.807) is 12.1 Å². The Morgan fingerprint density at radius 1 is 1.22 bits per heavy atom. The summed E-state index contributed by atoms with van der Waals surface area (Å²) < 4.78 is 11.4. The molecule has 5 nitrogen and oxygen atoms in total. The zero-order valence-corrected chi connectivity index (χ0v) is 15.2. The number of hydrogen-bond donors (Lipinski definition) is 1. The molecule has 0 fully saturated rings. The molecule has 0 bridgehead atoms. The quantitative estimate of drug-likeness (QED) is 0.718. The highest BCUT2D eigenvalue weighted by atomic mass is 16.5. The average molecular weight is 361 g/mol. The van der Waals surface area contributed by atoms with Gasteiger partial charge in [0.25, 0.3) is 5.91 Å². The minimum absolute atomic E-state index is 0.0833. The van der Waals surface area contributed by atoms with Crippen LogP contribution in [-0.4, -0.2) is 12.5 Å². The van der Waals surface area contributed by atoms with Gasteiger partial charge < -0.3 is 14.5 Å². The third-order valence-corrected chi connectivity index (χ3v) is 4.70. The Bertz CT molecular complexity index is 1140. The van der Waals surface area contributed by atoms with Crippen LogP contribution in [0.1, 0.15) is 38.9 Å². The minimum atomic E-state index is -0.568. The summed E-state index contributed by atoms with van der Waals surface area (Å²) in [5.41, 5.74) is 3.19. The van der Waals surface area contributed by atoms with Crippen LogP contribution in [0.25, 0.3) is 11.0 Å². The maximum Gasteiger partial charge on any atom is 0.288 e. The van der Waals surface area contributed by atoms with Gasteiger partial charge in [-0.15, -0.1) is 0 Å². The van der Waals surface area contributed by atoms with Crippen LogP contribution >= 0.6 is 0 Å². The zero-order chi connectivity index (χ0) is 19.1. The minimum Gasteiger partial charge on any atom is -0.490 e. The van der Waals surface area contributed by atoms with E-state index in [-0.39, 0.29) is 17.1 Å². The molecule has 1 amide bonds. The summed E-state index contributed by atoms with van der Waals surface area (Å²) in [5, 5.41) is 3.37. The highest BCUT2D eigenvalue weighted by molar-refractivity contribution is 5.99. The molecule has 2 aromatic carbocycles. The molecule has 2 heterocycles. The highest BCUT2D eigenvalue weighted by Crippen LogP contribution is 2.33. The van der Waals surface area contributed by atoms with Crippen LogP contribution in [0.4, 0.5) is 0 Å². The number of aryl methyl sites for hydroxylation is 2. The van der Waals surface area contributed by atoms with Crippen molar-refractivity contribution in [2.24, 2.45) is 0 Å². The Hall–Kier alpha value is -3.34. The summed E-state index contributed by atoms with van der Waals surface area (Å²) >= 11 is 0. The van der Waals surface area contributed by atoms with Crippen molar-refractivity contribution in [2.75, 3.05) is 6.61 Å². The first-order valence-corrected chi connectivity index (χ1v) is 8.72. The lowest BCUT2D eigenvalue weighted by molar-refractivity contribution is 0.0938. The number of fused-ring (bicyclic) bond motifs is 2. The van der Waals surface area contributed by atoms with Crippen molar-refractivity contribution in [2.45, 2.75) is 19.9 Å².